The summed E-state index contributed by atoms with van der Waals surface area (Å²) in [7, 11) is 0. The van der Waals surface area contributed by atoms with Crippen molar-refractivity contribution in [2.75, 3.05) is 11.9 Å². The number of aromatic nitrogens is 1. The molecule has 5 rings (SSSR count). The average molecular weight is 386 g/mol. The van der Waals surface area contributed by atoms with Gasteiger partial charge in [-0.15, -0.1) is 0 Å². The van der Waals surface area contributed by atoms with Crippen LogP contribution in [0, 0.1) is 6.92 Å². The third kappa shape index (κ3) is 3.59. The molecule has 2 aliphatic rings. The van der Waals surface area contributed by atoms with E-state index in [9.17, 15) is 4.79 Å². The van der Waals surface area contributed by atoms with Crippen LogP contribution < -0.4 is 5.32 Å². The zero-order valence-electron chi connectivity index (χ0n) is 17.0. The molecule has 0 atom stereocenters. The van der Waals surface area contributed by atoms with Crippen LogP contribution in [0.3, 0.4) is 0 Å². The van der Waals surface area contributed by atoms with E-state index in [0.717, 1.165) is 24.3 Å². The molecule has 4 nitrogen and oxygen atoms in total. The predicted molar refractivity (Wildman–Crippen MR) is 117 cm³/mol. The van der Waals surface area contributed by atoms with Gasteiger partial charge >= 0.3 is 0 Å². The minimum atomic E-state index is 0.270. The van der Waals surface area contributed by atoms with Crippen LogP contribution in [0.5, 0.6) is 0 Å². The maximum absolute atomic E-state index is 12.0. The molecule has 1 saturated heterocycles. The van der Waals surface area contributed by atoms with Crippen LogP contribution in [0.15, 0.2) is 42.5 Å². The zero-order chi connectivity index (χ0) is 19.8. The van der Waals surface area contributed by atoms with E-state index in [1.54, 1.807) is 0 Å². The van der Waals surface area contributed by atoms with E-state index < -0.39 is 0 Å². The van der Waals surface area contributed by atoms with Crippen molar-refractivity contribution in [1.82, 2.24) is 9.88 Å². The number of carbonyl (C=O) groups excluding carboxylic acids is 1. The largest absolute Gasteiger partial charge is 0.366 e. The van der Waals surface area contributed by atoms with Gasteiger partial charge in [-0.05, 0) is 78.6 Å². The molecule has 0 spiro atoms. The van der Waals surface area contributed by atoms with Gasteiger partial charge in [0.25, 0.3) is 0 Å². The van der Waals surface area contributed by atoms with E-state index in [1.807, 2.05) is 4.90 Å². The van der Waals surface area contributed by atoms with E-state index in [-0.39, 0.29) is 5.91 Å². The van der Waals surface area contributed by atoms with Crippen molar-refractivity contribution in [2.24, 2.45) is 0 Å². The van der Waals surface area contributed by atoms with Crippen LogP contribution in [0.25, 0.3) is 10.9 Å². The maximum atomic E-state index is 12.0. The summed E-state index contributed by atoms with van der Waals surface area (Å²) in [6.07, 6.45) is 5.28. The van der Waals surface area contributed by atoms with Crippen molar-refractivity contribution in [2.45, 2.75) is 52.1 Å². The Balaban J connectivity index is 1.37. The quantitative estimate of drug-likeness (QED) is 0.688. The molecular formula is C25H27N3O. The van der Waals surface area contributed by atoms with Crippen LogP contribution in [-0.4, -0.2) is 22.3 Å². The molecule has 1 fully saturated rings. The van der Waals surface area contributed by atoms with Gasteiger partial charge < -0.3 is 10.2 Å². The highest BCUT2D eigenvalue weighted by atomic mass is 16.2. The number of benzene rings is 2. The van der Waals surface area contributed by atoms with E-state index in [1.165, 1.54) is 52.5 Å². The Hall–Kier alpha value is -2.88. The van der Waals surface area contributed by atoms with Crippen molar-refractivity contribution in [3.63, 3.8) is 0 Å². The molecule has 0 saturated carbocycles. The predicted octanol–water partition coefficient (Wildman–Crippen LogP) is 4.77. The third-order valence-corrected chi connectivity index (χ3v) is 6.34. The highest BCUT2D eigenvalue weighted by Crippen LogP contribution is 2.29. The number of rotatable bonds is 5. The number of hydrogen-bond acceptors (Lipinski definition) is 3. The fourth-order valence-electron chi connectivity index (χ4n) is 4.70. The van der Waals surface area contributed by atoms with Gasteiger partial charge in [0.1, 0.15) is 5.82 Å². The first-order chi connectivity index (χ1) is 14.2. The first-order valence-corrected chi connectivity index (χ1v) is 10.7. The summed E-state index contributed by atoms with van der Waals surface area (Å²) in [4.78, 5) is 18.9. The lowest BCUT2D eigenvalue weighted by atomic mass is 10.0. The highest BCUT2D eigenvalue weighted by Gasteiger charge is 2.21. The fourth-order valence-corrected chi connectivity index (χ4v) is 4.70. The van der Waals surface area contributed by atoms with Gasteiger partial charge in [0, 0.05) is 31.4 Å². The number of hydrogen-bond donors (Lipinski definition) is 1. The molecule has 3 aromatic rings. The molecule has 0 unspecified atom stereocenters. The number of amides is 1. The zero-order valence-corrected chi connectivity index (χ0v) is 17.0. The van der Waals surface area contributed by atoms with Gasteiger partial charge in [0.15, 0.2) is 0 Å². The van der Waals surface area contributed by atoms with Crippen LogP contribution in [0.2, 0.25) is 0 Å². The third-order valence-electron chi connectivity index (χ3n) is 6.34. The normalized spacial score (nSPS) is 15.9. The summed E-state index contributed by atoms with van der Waals surface area (Å²) in [5.74, 6) is 1.19. The molecule has 1 amide bonds. The summed E-state index contributed by atoms with van der Waals surface area (Å²) in [6.45, 7) is 4.45. The Bertz CT molecular complexity index is 1090. The molecule has 4 heteroatoms. The fraction of sp³-hybridized carbons (Fsp3) is 0.360. The molecule has 0 radical (unpaired) electrons. The van der Waals surface area contributed by atoms with Crippen LogP contribution in [0.1, 0.15) is 47.1 Å². The van der Waals surface area contributed by atoms with Gasteiger partial charge in [-0.25, -0.2) is 4.98 Å². The average Bonchev–Trinajstić information content (AvgIpc) is 3.34. The molecule has 2 aromatic carbocycles. The van der Waals surface area contributed by atoms with Gasteiger partial charge in [-0.1, -0.05) is 24.3 Å². The number of nitrogens with one attached hydrogen (secondary N) is 1. The van der Waals surface area contributed by atoms with E-state index in [0.29, 0.717) is 19.5 Å². The minimum Gasteiger partial charge on any atom is -0.366 e. The number of pyridine rings is 1. The lowest BCUT2D eigenvalue weighted by Gasteiger charge is -2.18. The second kappa shape index (κ2) is 7.51. The lowest BCUT2D eigenvalue weighted by molar-refractivity contribution is -0.128. The van der Waals surface area contributed by atoms with Crippen molar-refractivity contribution >= 4 is 22.6 Å². The Kier molecular flexibility index (Phi) is 4.70. The second-order valence-electron chi connectivity index (χ2n) is 8.36. The molecule has 1 aliphatic carbocycles. The van der Waals surface area contributed by atoms with Crippen LogP contribution in [0.4, 0.5) is 5.82 Å². The lowest BCUT2D eigenvalue weighted by Crippen LogP contribution is -2.24. The van der Waals surface area contributed by atoms with Gasteiger partial charge in [0.05, 0.1) is 5.52 Å². The summed E-state index contributed by atoms with van der Waals surface area (Å²) in [5, 5.41) is 4.79. The molecule has 1 aromatic heterocycles. The second-order valence-corrected chi connectivity index (χ2v) is 8.36. The van der Waals surface area contributed by atoms with Crippen LogP contribution >= 0.6 is 0 Å². The number of fused-ring (bicyclic) bond motifs is 2. The Morgan fingerprint density at radius 3 is 2.59 bits per heavy atom. The van der Waals surface area contributed by atoms with E-state index in [4.69, 9.17) is 4.98 Å². The first kappa shape index (κ1) is 18.2. The monoisotopic (exact) mass is 385 g/mol. The maximum Gasteiger partial charge on any atom is 0.222 e. The standard InChI is InChI=1S/C25H27N3O/c1-17-12-24(27-23-14-19-9-4-8-18(19)13-22(17)23)26-15-20-6-2-3-7-21(20)16-28-11-5-10-25(28)29/h2-3,6-7,12-14H,4-5,8-11,15-16H2,1H3,(H,26,27). The Morgan fingerprint density at radius 2 is 1.79 bits per heavy atom. The molecule has 1 N–H and O–H groups in total. The van der Waals surface area contributed by atoms with Crippen molar-refractivity contribution in [3.05, 3.63) is 70.3 Å². The molecule has 1 aliphatic heterocycles. The number of carbonyl (C=O) groups is 1. The van der Waals surface area contributed by atoms with Crippen molar-refractivity contribution in [3.8, 4) is 0 Å². The summed E-state index contributed by atoms with van der Waals surface area (Å²) in [6, 6.07) is 15.2. The van der Waals surface area contributed by atoms with Gasteiger partial charge in [-0.2, -0.15) is 0 Å². The van der Waals surface area contributed by atoms with Crippen molar-refractivity contribution < 1.29 is 4.79 Å². The smallest absolute Gasteiger partial charge is 0.222 e. The summed E-state index contributed by atoms with van der Waals surface area (Å²) >= 11 is 0. The molecular weight excluding hydrogens is 358 g/mol. The number of likely N-dealkylation sites (tertiary alicyclic amines) is 1. The van der Waals surface area contributed by atoms with E-state index in [2.05, 4.69) is 54.7 Å². The number of anilines is 1. The molecule has 2 heterocycles. The van der Waals surface area contributed by atoms with Gasteiger partial charge in [-0.3, -0.25) is 4.79 Å². The molecule has 148 valence electrons. The summed E-state index contributed by atoms with van der Waals surface area (Å²) in [5.41, 5.74) is 7.74. The van der Waals surface area contributed by atoms with Gasteiger partial charge in [0.2, 0.25) is 5.91 Å². The number of nitrogens with zero attached hydrogens (tertiary/aromatic N) is 2. The van der Waals surface area contributed by atoms with Crippen molar-refractivity contribution in [1.29, 1.82) is 0 Å². The first-order valence-electron chi connectivity index (χ1n) is 10.7. The molecule has 29 heavy (non-hydrogen) atoms. The topological polar surface area (TPSA) is 45.2 Å². The highest BCUT2D eigenvalue weighted by molar-refractivity contribution is 5.85. The SMILES string of the molecule is Cc1cc(NCc2ccccc2CN2CCCC2=O)nc2cc3c(cc12)CCC3. The number of aryl methyl sites for hydroxylation is 3. The summed E-state index contributed by atoms with van der Waals surface area (Å²) < 4.78 is 0. The Morgan fingerprint density at radius 1 is 1.00 bits per heavy atom. The Labute approximate surface area is 171 Å². The van der Waals surface area contributed by atoms with E-state index >= 15 is 0 Å². The van der Waals surface area contributed by atoms with Crippen LogP contribution in [-0.2, 0) is 30.7 Å². The minimum absolute atomic E-state index is 0.270. The molecule has 0 bridgehead atoms.